The van der Waals surface area contributed by atoms with Crippen molar-refractivity contribution in [3.8, 4) is 0 Å². The maximum Gasteiger partial charge on any atom is 0.243 e. The molecule has 0 aliphatic carbocycles. The van der Waals surface area contributed by atoms with E-state index in [4.69, 9.17) is 0 Å². The number of H-pyrrole nitrogens is 1. The van der Waals surface area contributed by atoms with Gasteiger partial charge in [-0.3, -0.25) is 4.79 Å². The maximum absolute atomic E-state index is 10.8. The summed E-state index contributed by atoms with van der Waals surface area (Å²) in [5.74, 6) is 0.892. The minimum Gasteiger partial charge on any atom is -0.353 e. The molecule has 0 fully saturated rings. The van der Waals surface area contributed by atoms with Crippen LogP contribution in [0.1, 0.15) is 18.7 Å². The Kier molecular flexibility index (Phi) is 4.47. The molecule has 1 aromatic rings. The van der Waals surface area contributed by atoms with E-state index < -0.39 is 0 Å². The van der Waals surface area contributed by atoms with Gasteiger partial charge in [0, 0.05) is 25.4 Å². The average molecular weight is 193 g/mol. The van der Waals surface area contributed by atoms with Crippen LogP contribution in [0.3, 0.4) is 0 Å². The van der Waals surface area contributed by atoms with Gasteiger partial charge in [0.1, 0.15) is 5.82 Å². The van der Waals surface area contributed by atoms with E-state index in [2.05, 4.69) is 21.9 Å². The van der Waals surface area contributed by atoms with Crippen molar-refractivity contribution in [2.24, 2.45) is 0 Å². The van der Waals surface area contributed by atoms with E-state index in [0.29, 0.717) is 6.54 Å². The summed E-state index contributed by atoms with van der Waals surface area (Å²) in [5, 5.41) is 2.72. The number of amides is 1. The third kappa shape index (κ3) is 3.89. The van der Waals surface area contributed by atoms with Crippen molar-refractivity contribution in [2.75, 3.05) is 6.54 Å². The van der Waals surface area contributed by atoms with Crippen LogP contribution in [0.15, 0.2) is 25.0 Å². The Labute approximate surface area is 83.4 Å². The van der Waals surface area contributed by atoms with Crippen LogP contribution in [0.2, 0.25) is 0 Å². The fraction of sp³-hybridized carbons (Fsp3) is 0.400. The summed E-state index contributed by atoms with van der Waals surface area (Å²) in [7, 11) is 0. The number of aromatic amines is 1. The molecule has 2 N–H and O–H groups in total. The van der Waals surface area contributed by atoms with Gasteiger partial charge in [0.25, 0.3) is 0 Å². The number of aromatic nitrogens is 2. The summed E-state index contributed by atoms with van der Waals surface area (Å²) in [6.07, 6.45) is 7.75. The first kappa shape index (κ1) is 10.5. The average Bonchev–Trinajstić information content (AvgIpc) is 2.69. The molecule has 0 bridgehead atoms. The van der Waals surface area contributed by atoms with Crippen LogP contribution in [0.4, 0.5) is 0 Å². The van der Waals surface area contributed by atoms with Gasteiger partial charge in [0.2, 0.25) is 5.91 Å². The van der Waals surface area contributed by atoms with Crippen LogP contribution in [0.25, 0.3) is 0 Å². The topological polar surface area (TPSA) is 57.8 Å². The molecule has 0 atom stereocenters. The van der Waals surface area contributed by atoms with Gasteiger partial charge < -0.3 is 10.3 Å². The summed E-state index contributed by atoms with van der Waals surface area (Å²) >= 11 is 0. The lowest BCUT2D eigenvalue weighted by Crippen LogP contribution is -2.21. The molecule has 76 valence electrons. The highest BCUT2D eigenvalue weighted by atomic mass is 16.1. The highest BCUT2D eigenvalue weighted by Gasteiger charge is 1.95. The van der Waals surface area contributed by atoms with E-state index in [1.165, 1.54) is 6.08 Å². The Balaban J connectivity index is 2.00. The summed E-state index contributed by atoms with van der Waals surface area (Å²) in [6, 6.07) is 0. The summed E-state index contributed by atoms with van der Waals surface area (Å²) in [6.45, 7) is 4.07. The zero-order valence-corrected chi connectivity index (χ0v) is 8.12. The van der Waals surface area contributed by atoms with Gasteiger partial charge in [0.05, 0.1) is 0 Å². The zero-order chi connectivity index (χ0) is 10.2. The number of aryl methyl sites for hydroxylation is 1. The second-order valence-corrected chi connectivity index (χ2v) is 2.99. The quantitative estimate of drug-likeness (QED) is 0.523. The molecule has 0 radical (unpaired) electrons. The number of carbonyl (C=O) groups is 1. The molecule has 1 heterocycles. The Morgan fingerprint density at radius 1 is 1.64 bits per heavy atom. The van der Waals surface area contributed by atoms with Crippen LogP contribution in [-0.2, 0) is 11.2 Å². The smallest absolute Gasteiger partial charge is 0.243 e. The van der Waals surface area contributed by atoms with Gasteiger partial charge in [-0.25, -0.2) is 4.98 Å². The van der Waals surface area contributed by atoms with Crippen molar-refractivity contribution in [3.63, 3.8) is 0 Å². The molecule has 14 heavy (non-hydrogen) atoms. The lowest BCUT2D eigenvalue weighted by Gasteiger charge is -2.00. The van der Waals surface area contributed by atoms with Gasteiger partial charge >= 0.3 is 0 Å². The van der Waals surface area contributed by atoms with Gasteiger partial charge in [-0.05, 0) is 18.9 Å². The molecule has 1 amide bonds. The molecule has 1 aromatic heterocycles. The van der Waals surface area contributed by atoms with Crippen molar-refractivity contribution >= 4 is 5.91 Å². The van der Waals surface area contributed by atoms with Crippen molar-refractivity contribution in [1.82, 2.24) is 15.3 Å². The Morgan fingerprint density at radius 2 is 2.50 bits per heavy atom. The maximum atomic E-state index is 10.8. The third-order valence-corrected chi connectivity index (χ3v) is 1.88. The largest absolute Gasteiger partial charge is 0.353 e. The van der Waals surface area contributed by atoms with Crippen LogP contribution in [-0.4, -0.2) is 22.4 Å². The number of imidazole rings is 1. The van der Waals surface area contributed by atoms with E-state index in [1.807, 2.05) is 6.20 Å². The predicted octanol–water partition coefficient (Wildman–Crippen LogP) is 1.03. The second kappa shape index (κ2) is 5.96. The number of nitrogens with one attached hydrogen (secondary N) is 2. The lowest BCUT2D eigenvalue weighted by molar-refractivity contribution is -0.116. The summed E-state index contributed by atoms with van der Waals surface area (Å²) < 4.78 is 0. The fourth-order valence-corrected chi connectivity index (χ4v) is 1.14. The van der Waals surface area contributed by atoms with Crippen LogP contribution >= 0.6 is 0 Å². The highest BCUT2D eigenvalue weighted by Crippen LogP contribution is 1.97. The number of unbranched alkanes of at least 4 members (excludes halogenated alkanes) is 1. The molecule has 4 nitrogen and oxygen atoms in total. The van der Waals surface area contributed by atoms with Gasteiger partial charge in [-0.1, -0.05) is 6.58 Å². The lowest BCUT2D eigenvalue weighted by atomic mass is 10.2. The van der Waals surface area contributed by atoms with Crippen LogP contribution in [0, 0.1) is 0 Å². The SMILES string of the molecule is C=CC(=O)NCCCCc1ncc[nH]1. The first-order valence-corrected chi connectivity index (χ1v) is 4.71. The number of hydrogen-bond donors (Lipinski definition) is 2. The molecule has 1 rings (SSSR count). The van der Waals surface area contributed by atoms with E-state index in [0.717, 1.165) is 25.1 Å². The molecule has 4 heteroatoms. The van der Waals surface area contributed by atoms with Crippen molar-refractivity contribution in [2.45, 2.75) is 19.3 Å². The minimum absolute atomic E-state index is 0.108. The van der Waals surface area contributed by atoms with Crippen LogP contribution in [0.5, 0.6) is 0 Å². The van der Waals surface area contributed by atoms with E-state index >= 15 is 0 Å². The normalized spacial score (nSPS) is 9.71. The van der Waals surface area contributed by atoms with Crippen LogP contribution < -0.4 is 5.32 Å². The summed E-state index contributed by atoms with van der Waals surface area (Å²) in [5.41, 5.74) is 0. The molecular weight excluding hydrogens is 178 g/mol. The predicted molar refractivity (Wildman–Crippen MR) is 54.7 cm³/mol. The van der Waals surface area contributed by atoms with E-state index in [-0.39, 0.29) is 5.91 Å². The van der Waals surface area contributed by atoms with Crippen molar-refractivity contribution < 1.29 is 4.79 Å². The van der Waals surface area contributed by atoms with Gasteiger partial charge in [-0.15, -0.1) is 0 Å². The van der Waals surface area contributed by atoms with Gasteiger partial charge in [0.15, 0.2) is 0 Å². The van der Waals surface area contributed by atoms with Crippen molar-refractivity contribution in [1.29, 1.82) is 0 Å². The molecule has 0 aliphatic rings. The molecule has 0 saturated heterocycles. The first-order chi connectivity index (χ1) is 6.83. The first-order valence-electron chi connectivity index (χ1n) is 4.71. The number of nitrogens with zero attached hydrogens (tertiary/aromatic N) is 1. The monoisotopic (exact) mass is 193 g/mol. The Hall–Kier alpha value is -1.58. The zero-order valence-electron chi connectivity index (χ0n) is 8.12. The molecule has 0 spiro atoms. The van der Waals surface area contributed by atoms with Gasteiger partial charge in [-0.2, -0.15) is 0 Å². The molecule has 0 aliphatic heterocycles. The Morgan fingerprint density at radius 3 is 3.14 bits per heavy atom. The number of carbonyl (C=O) groups excluding carboxylic acids is 1. The second-order valence-electron chi connectivity index (χ2n) is 2.99. The highest BCUT2D eigenvalue weighted by molar-refractivity contribution is 5.86. The van der Waals surface area contributed by atoms with E-state index in [9.17, 15) is 4.79 Å². The van der Waals surface area contributed by atoms with Crippen molar-refractivity contribution in [3.05, 3.63) is 30.9 Å². The molecule has 0 aromatic carbocycles. The molecule has 0 unspecified atom stereocenters. The molecular formula is C10H15N3O. The fourth-order valence-electron chi connectivity index (χ4n) is 1.14. The minimum atomic E-state index is -0.108. The number of hydrogen-bond acceptors (Lipinski definition) is 2. The number of rotatable bonds is 6. The van der Waals surface area contributed by atoms with E-state index in [1.54, 1.807) is 6.20 Å². The third-order valence-electron chi connectivity index (χ3n) is 1.88. The Bertz CT molecular complexity index is 280. The standard InChI is InChI=1S/C10H15N3O/c1-2-10(14)13-6-4-3-5-9-11-7-8-12-9/h2,7-8H,1,3-6H2,(H,11,12)(H,13,14). The molecule has 0 saturated carbocycles. The summed E-state index contributed by atoms with van der Waals surface area (Å²) in [4.78, 5) is 17.9.